The monoisotopic (exact) mass is 198 g/mol. The van der Waals surface area contributed by atoms with Crippen LogP contribution in [0.3, 0.4) is 0 Å². The average molecular weight is 198 g/mol. The topological polar surface area (TPSA) is 35.5 Å². The van der Waals surface area contributed by atoms with Gasteiger partial charge in [0.1, 0.15) is 0 Å². The number of carbonyl (C=O) groups is 1. The maximum Gasteiger partial charge on any atom is 0.314 e. The van der Waals surface area contributed by atoms with Crippen molar-refractivity contribution in [3.05, 3.63) is 0 Å². The lowest BCUT2D eigenvalue weighted by Gasteiger charge is -2.35. The van der Waals surface area contributed by atoms with E-state index in [0.717, 1.165) is 32.3 Å². The van der Waals surface area contributed by atoms with Gasteiger partial charge in [0.2, 0.25) is 0 Å². The molecule has 2 atom stereocenters. The van der Waals surface area contributed by atoms with Gasteiger partial charge in [0.25, 0.3) is 0 Å². The molecule has 0 aromatic heterocycles. The van der Waals surface area contributed by atoms with Crippen LogP contribution in [-0.4, -0.2) is 25.3 Å². The summed E-state index contributed by atoms with van der Waals surface area (Å²) in [6.45, 7) is 3.07. The minimum atomic E-state index is -0.283. The Hall–Kier alpha value is -0.570. The van der Waals surface area contributed by atoms with Gasteiger partial charge in [-0.1, -0.05) is 12.8 Å². The van der Waals surface area contributed by atoms with Crippen molar-refractivity contribution in [1.29, 1.82) is 0 Å². The second-order valence-corrected chi connectivity index (χ2v) is 4.23. The highest BCUT2D eigenvalue weighted by Crippen LogP contribution is 2.46. The molecule has 1 saturated heterocycles. The molecule has 0 aromatic carbocycles. The summed E-state index contributed by atoms with van der Waals surface area (Å²) in [4.78, 5) is 11.9. The zero-order valence-corrected chi connectivity index (χ0v) is 8.75. The summed E-state index contributed by atoms with van der Waals surface area (Å²) in [5.41, 5.74) is -0.283. The standard InChI is InChI=1S/C11H18O3/c1-2-13-10(12)11-6-4-3-5-9(11)14-8-7-11/h9H,2-8H2,1H3. The molecule has 80 valence electrons. The normalized spacial score (nSPS) is 36.5. The number of carbonyl (C=O) groups excluding carboxylic acids is 1. The van der Waals surface area contributed by atoms with E-state index in [9.17, 15) is 4.79 Å². The number of esters is 1. The Bertz CT molecular complexity index is 227. The summed E-state index contributed by atoms with van der Waals surface area (Å²) in [6.07, 6.45) is 5.30. The lowest BCUT2D eigenvalue weighted by atomic mass is 9.71. The summed E-state index contributed by atoms with van der Waals surface area (Å²) in [5.74, 6) is -0.0257. The van der Waals surface area contributed by atoms with Gasteiger partial charge in [-0.3, -0.25) is 4.79 Å². The Morgan fingerprint density at radius 3 is 3.14 bits per heavy atom. The van der Waals surface area contributed by atoms with E-state index in [1.807, 2.05) is 6.92 Å². The fraction of sp³-hybridized carbons (Fsp3) is 0.909. The molecule has 14 heavy (non-hydrogen) atoms. The molecule has 0 amide bonds. The third kappa shape index (κ3) is 1.44. The number of fused-ring (bicyclic) bond motifs is 1. The summed E-state index contributed by atoms with van der Waals surface area (Å²) >= 11 is 0. The van der Waals surface area contributed by atoms with Crippen LogP contribution in [-0.2, 0) is 14.3 Å². The van der Waals surface area contributed by atoms with Gasteiger partial charge in [0.15, 0.2) is 0 Å². The summed E-state index contributed by atoms with van der Waals surface area (Å²) < 4.78 is 10.8. The van der Waals surface area contributed by atoms with Gasteiger partial charge in [-0.05, 0) is 26.2 Å². The van der Waals surface area contributed by atoms with Crippen LogP contribution in [0.25, 0.3) is 0 Å². The van der Waals surface area contributed by atoms with Crippen molar-refractivity contribution < 1.29 is 14.3 Å². The van der Waals surface area contributed by atoms with Crippen molar-refractivity contribution in [3.63, 3.8) is 0 Å². The highest BCUT2D eigenvalue weighted by Gasteiger charge is 2.52. The molecule has 3 heteroatoms. The van der Waals surface area contributed by atoms with Gasteiger partial charge >= 0.3 is 5.97 Å². The molecular weight excluding hydrogens is 180 g/mol. The van der Waals surface area contributed by atoms with E-state index in [2.05, 4.69) is 0 Å². The van der Waals surface area contributed by atoms with E-state index in [1.165, 1.54) is 6.42 Å². The molecule has 0 bridgehead atoms. The first-order valence-electron chi connectivity index (χ1n) is 5.58. The van der Waals surface area contributed by atoms with Gasteiger partial charge in [0, 0.05) is 6.61 Å². The minimum absolute atomic E-state index is 0.0257. The van der Waals surface area contributed by atoms with Crippen molar-refractivity contribution in [2.75, 3.05) is 13.2 Å². The lowest BCUT2D eigenvalue weighted by Crippen LogP contribution is -2.42. The first kappa shape index (κ1) is 9.97. The minimum Gasteiger partial charge on any atom is -0.465 e. The Morgan fingerprint density at radius 1 is 1.50 bits per heavy atom. The molecule has 1 saturated carbocycles. The van der Waals surface area contributed by atoms with Crippen LogP contribution >= 0.6 is 0 Å². The summed E-state index contributed by atoms with van der Waals surface area (Å²) in [7, 11) is 0. The van der Waals surface area contributed by atoms with Crippen molar-refractivity contribution in [2.45, 2.75) is 45.1 Å². The molecule has 0 aromatic rings. The SMILES string of the molecule is CCOC(=O)C12CCCCC1OCC2. The van der Waals surface area contributed by atoms with Crippen LogP contribution in [0, 0.1) is 5.41 Å². The Labute approximate surface area is 84.8 Å². The van der Waals surface area contributed by atoms with Crippen LogP contribution < -0.4 is 0 Å². The Morgan fingerprint density at radius 2 is 2.36 bits per heavy atom. The second-order valence-electron chi connectivity index (χ2n) is 4.23. The molecule has 1 aliphatic heterocycles. The summed E-state index contributed by atoms with van der Waals surface area (Å²) in [6, 6.07) is 0. The quantitative estimate of drug-likeness (QED) is 0.636. The zero-order chi connectivity index (χ0) is 10.0. The van der Waals surface area contributed by atoms with Crippen LogP contribution in [0.2, 0.25) is 0 Å². The molecule has 0 radical (unpaired) electrons. The molecule has 2 fully saturated rings. The zero-order valence-electron chi connectivity index (χ0n) is 8.75. The molecule has 1 heterocycles. The van der Waals surface area contributed by atoms with Crippen LogP contribution in [0.15, 0.2) is 0 Å². The number of hydrogen-bond donors (Lipinski definition) is 0. The third-order valence-corrected chi connectivity index (χ3v) is 3.50. The first-order valence-corrected chi connectivity index (χ1v) is 5.58. The Kier molecular flexibility index (Phi) is 2.77. The van der Waals surface area contributed by atoms with E-state index in [-0.39, 0.29) is 17.5 Å². The van der Waals surface area contributed by atoms with Gasteiger partial charge in [-0.15, -0.1) is 0 Å². The van der Waals surface area contributed by atoms with E-state index in [1.54, 1.807) is 0 Å². The first-order chi connectivity index (χ1) is 6.79. The molecule has 2 aliphatic rings. The van der Waals surface area contributed by atoms with Gasteiger partial charge < -0.3 is 9.47 Å². The highest BCUT2D eigenvalue weighted by atomic mass is 16.5. The van der Waals surface area contributed by atoms with Crippen molar-refractivity contribution >= 4 is 5.97 Å². The van der Waals surface area contributed by atoms with E-state index < -0.39 is 0 Å². The predicted octanol–water partition coefficient (Wildman–Crippen LogP) is 1.90. The molecule has 1 aliphatic carbocycles. The molecule has 3 nitrogen and oxygen atoms in total. The average Bonchev–Trinajstić information content (AvgIpc) is 2.62. The Balaban J connectivity index is 2.13. The number of ether oxygens (including phenoxy) is 2. The van der Waals surface area contributed by atoms with Crippen molar-refractivity contribution in [3.8, 4) is 0 Å². The fourth-order valence-corrected chi connectivity index (χ4v) is 2.73. The second kappa shape index (κ2) is 3.89. The van der Waals surface area contributed by atoms with Gasteiger partial charge in [-0.2, -0.15) is 0 Å². The largest absolute Gasteiger partial charge is 0.465 e. The van der Waals surface area contributed by atoms with E-state index >= 15 is 0 Å². The smallest absolute Gasteiger partial charge is 0.314 e. The fourth-order valence-electron chi connectivity index (χ4n) is 2.73. The van der Waals surface area contributed by atoms with Gasteiger partial charge in [-0.25, -0.2) is 0 Å². The third-order valence-electron chi connectivity index (χ3n) is 3.50. The molecular formula is C11H18O3. The van der Waals surface area contributed by atoms with Crippen LogP contribution in [0.4, 0.5) is 0 Å². The van der Waals surface area contributed by atoms with Crippen LogP contribution in [0.1, 0.15) is 39.0 Å². The van der Waals surface area contributed by atoms with E-state index in [4.69, 9.17) is 9.47 Å². The summed E-state index contributed by atoms with van der Waals surface area (Å²) in [5, 5.41) is 0. The molecule has 2 unspecified atom stereocenters. The molecule has 2 rings (SSSR count). The van der Waals surface area contributed by atoms with Crippen molar-refractivity contribution in [1.82, 2.24) is 0 Å². The molecule has 0 N–H and O–H groups in total. The van der Waals surface area contributed by atoms with Crippen molar-refractivity contribution in [2.24, 2.45) is 5.41 Å². The maximum absolute atomic E-state index is 11.9. The van der Waals surface area contributed by atoms with Crippen LogP contribution in [0.5, 0.6) is 0 Å². The lowest BCUT2D eigenvalue weighted by molar-refractivity contribution is -0.161. The number of hydrogen-bond acceptors (Lipinski definition) is 3. The molecule has 0 spiro atoms. The number of rotatable bonds is 2. The highest BCUT2D eigenvalue weighted by molar-refractivity contribution is 5.78. The van der Waals surface area contributed by atoms with Gasteiger partial charge in [0.05, 0.1) is 18.1 Å². The predicted molar refractivity (Wildman–Crippen MR) is 51.9 cm³/mol. The maximum atomic E-state index is 11.9. The van der Waals surface area contributed by atoms with E-state index in [0.29, 0.717) is 6.61 Å².